The molecule has 0 spiro atoms. The van der Waals surface area contributed by atoms with Crippen LogP contribution < -0.4 is 5.73 Å². The second kappa shape index (κ2) is 3.45. The van der Waals surface area contributed by atoms with Gasteiger partial charge in [-0.15, -0.1) is 0 Å². The molecule has 1 amide bonds. The highest BCUT2D eigenvalue weighted by Gasteiger charge is 2.23. The molecule has 0 aliphatic carbocycles. The predicted octanol–water partition coefficient (Wildman–Crippen LogP) is -1.22. The van der Waals surface area contributed by atoms with Crippen molar-refractivity contribution >= 4 is 12.2 Å². The van der Waals surface area contributed by atoms with Gasteiger partial charge in [0.15, 0.2) is 18.2 Å². The number of primary amides is 1. The molecule has 0 aromatic heterocycles. The Balaban J connectivity index is 4.10. The fourth-order valence-electron chi connectivity index (χ4n) is 0.464. The van der Waals surface area contributed by atoms with Crippen LogP contribution in [0.1, 0.15) is 13.8 Å². The molecule has 0 aliphatic heterocycles. The Kier molecular flexibility index (Phi) is 3.16. The summed E-state index contributed by atoms with van der Waals surface area (Å²) < 4.78 is 4.56. The van der Waals surface area contributed by atoms with Crippen LogP contribution in [0.4, 0.5) is 0 Å². The van der Waals surface area contributed by atoms with Gasteiger partial charge in [0.2, 0.25) is 0 Å². The van der Waals surface area contributed by atoms with Crippen LogP contribution in [0.25, 0.3) is 0 Å². The minimum atomic E-state index is -1.53. The molecule has 5 nitrogen and oxygen atoms in total. The molecular formula is C6H11NO4. The first-order chi connectivity index (χ1) is 4.87. The van der Waals surface area contributed by atoms with Gasteiger partial charge in [-0.3, -0.25) is 9.59 Å². The third-order valence-electron chi connectivity index (χ3n) is 0.819. The number of amides is 1. The fourth-order valence-corrected chi connectivity index (χ4v) is 0.464. The maximum Gasteiger partial charge on any atom is 0.254 e. The zero-order chi connectivity index (χ0) is 9.07. The maximum atomic E-state index is 10.4. The van der Waals surface area contributed by atoms with Crippen molar-refractivity contribution in [1.29, 1.82) is 0 Å². The molecule has 0 saturated carbocycles. The molecule has 11 heavy (non-hydrogen) atoms. The first kappa shape index (κ1) is 10.1. The molecule has 5 heteroatoms. The van der Waals surface area contributed by atoms with Gasteiger partial charge in [-0.05, 0) is 13.8 Å². The van der Waals surface area contributed by atoms with E-state index < -0.39 is 17.8 Å². The summed E-state index contributed by atoms with van der Waals surface area (Å²) in [5.41, 5.74) is 4.75. The number of nitrogens with two attached hydrogens (primary N) is 1. The Morgan fingerprint density at radius 3 is 2.27 bits per heavy atom. The molecule has 3 N–H and O–H groups in total. The zero-order valence-corrected chi connectivity index (χ0v) is 6.40. The second-order valence-electron chi connectivity index (χ2n) is 2.52. The van der Waals surface area contributed by atoms with E-state index in [2.05, 4.69) is 4.74 Å². The first-order valence-electron chi connectivity index (χ1n) is 3.01. The molecule has 0 aromatic rings. The van der Waals surface area contributed by atoms with Crippen LogP contribution in [0.3, 0.4) is 0 Å². The number of rotatable bonds is 4. The number of aldehydes is 1. The van der Waals surface area contributed by atoms with E-state index in [9.17, 15) is 9.59 Å². The fraction of sp³-hybridized carbons (Fsp3) is 0.667. The van der Waals surface area contributed by atoms with Crippen molar-refractivity contribution in [2.45, 2.75) is 25.7 Å². The van der Waals surface area contributed by atoms with Crippen molar-refractivity contribution in [1.82, 2.24) is 0 Å². The molecule has 0 saturated heterocycles. The van der Waals surface area contributed by atoms with Crippen LogP contribution >= 0.6 is 0 Å². The van der Waals surface area contributed by atoms with Gasteiger partial charge in [0.1, 0.15) is 0 Å². The highest BCUT2D eigenvalue weighted by Crippen LogP contribution is 2.05. The molecule has 0 aromatic carbocycles. The van der Waals surface area contributed by atoms with E-state index in [-0.39, 0.29) is 6.29 Å². The molecule has 0 rings (SSSR count). The lowest BCUT2D eigenvalue weighted by Gasteiger charge is -2.20. The van der Waals surface area contributed by atoms with Gasteiger partial charge < -0.3 is 15.6 Å². The summed E-state index contributed by atoms with van der Waals surface area (Å²) in [6.07, 6.45) is -1.14. The monoisotopic (exact) mass is 161 g/mol. The van der Waals surface area contributed by atoms with Gasteiger partial charge in [-0.1, -0.05) is 0 Å². The van der Waals surface area contributed by atoms with E-state index >= 15 is 0 Å². The third-order valence-corrected chi connectivity index (χ3v) is 0.819. The minimum absolute atomic E-state index is 0.236. The van der Waals surface area contributed by atoms with Crippen LogP contribution in [-0.4, -0.2) is 29.2 Å². The van der Waals surface area contributed by atoms with E-state index in [4.69, 9.17) is 10.8 Å². The minimum Gasteiger partial charge on any atom is -0.367 e. The highest BCUT2D eigenvalue weighted by atomic mass is 16.6. The van der Waals surface area contributed by atoms with E-state index in [0.29, 0.717) is 0 Å². The van der Waals surface area contributed by atoms with Crippen molar-refractivity contribution in [3.63, 3.8) is 0 Å². The lowest BCUT2D eigenvalue weighted by molar-refractivity contribution is -0.202. The van der Waals surface area contributed by atoms with E-state index in [1.807, 2.05) is 0 Å². The Morgan fingerprint density at radius 2 is 2.18 bits per heavy atom. The van der Waals surface area contributed by atoms with Crippen LogP contribution in [-0.2, 0) is 14.3 Å². The van der Waals surface area contributed by atoms with Crippen LogP contribution in [0, 0.1) is 0 Å². The lowest BCUT2D eigenvalue weighted by atomic mass is 10.3. The summed E-state index contributed by atoms with van der Waals surface area (Å²) in [7, 11) is 0. The number of hydrogen-bond donors (Lipinski definition) is 2. The summed E-state index contributed by atoms with van der Waals surface area (Å²) in [5, 5.41) is 8.98. The normalized spacial score (nSPS) is 14.1. The average molecular weight is 161 g/mol. The number of ether oxygens (including phenoxy) is 1. The number of aliphatic hydroxyl groups is 1. The van der Waals surface area contributed by atoms with E-state index in [1.54, 1.807) is 0 Å². The highest BCUT2D eigenvalue weighted by molar-refractivity contribution is 5.93. The summed E-state index contributed by atoms with van der Waals surface area (Å²) in [5.74, 6) is -2.44. The van der Waals surface area contributed by atoms with Gasteiger partial charge in [0.05, 0.1) is 0 Å². The molecule has 1 atom stereocenters. The molecule has 0 bridgehead atoms. The quantitative estimate of drug-likeness (QED) is 0.307. The van der Waals surface area contributed by atoms with Crippen LogP contribution in [0.2, 0.25) is 0 Å². The van der Waals surface area contributed by atoms with E-state index in [1.165, 1.54) is 13.8 Å². The first-order valence-corrected chi connectivity index (χ1v) is 3.01. The molecule has 0 heterocycles. The van der Waals surface area contributed by atoms with Crippen molar-refractivity contribution in [3.8, 4) is 0 Å². The summed E-state index contributed by atoms with van der Waals surface area (Å²) in [4.78, 5) is 20.5. The van der Waals surface area contributed by atoms with Crippen molar-refractivity contribution in [3.05, 3.63) is 0 Å². The largest absolute Gasteiger partial charge is 0.367 e. The van der Waals surface area contributed by atoms with Gasteiger partial charge >= 0.3 is 0 Å². The van der Waals surface area contributed by atoms with Crippen molar-refractivity contribution < 1.29 is 19.4 Å². The van der Waals surface area contributed by atoms with Gasteiger partial charge in [-0.25, -0.2) is 0 Å². The SMILES string of the molecule is CC(C)(O)OC(C=O)C(N)=O. The van der Waals surface area contributed by atoms with E-state index in [0.717, 1.165) is 0 Å². The third kappa shape index (κ3) is 4.46. The van der Waals surface area contributed by atoms with Gasteiger partial charge in [0, 0.05) is 0 Å². The van der Waals surface area contributed by atoms with Gasteiger partial charge in [0.25, 0.3) is 5.91 Å². The average Bonchev–Trinajstić information content (AvgIpc) is 1.80. The summed E-state index contributed by atoms with van der Waals surface area (Å²) in [6, 6.07) is 0. The Bertz CT molecular complexity index is 160. The number of carbonyl (C=O) groups excluding carboxylic acids is 2. The number of carbonyl (C=O) groups is 2. The Labute approximate surface area is 64.1 Å². The molecule has 0 radical (unpaired) electrons. The molecule has 0 fully saturated rings. The number of hydrogen-bond acceptors (Lipinski definition) is 4. The smallest absolute Gasteiger partial charge is 0.254 e. The summed E-state index contributed by atoms with van der Waals surface area (Å²) in [6.45, 7) is 2.60. The molecular weight excluding hydrogens is 150 g/mol. The zero-order valence-electron chi connectivity index (χ0n) is 6.40. The topological polar surface area (TPSA) is 89.6 Å². The molecule has 64 valence electrons. The van der Waals surface area contributed by atoms with Crippen molar-refractivity contribution in [2.75, 3.05) is 0 Å². The standard InChI is InChI=1S/C6H11NO4/c1-6(2,10)11-4(3-8)5(7)9/h3-4,10H,1-2H3,(H2,7,9). The second-order valence-corrected chi connectivity index (χ2v) is 2.52. The Hall–Kier alpha value is -0.940. The lowest BCUT2D eigenvalue weighted by Crippen LogP contribution is -2.39. The summed E-state index contributed by atoms with van der Waals surface area (Å²) >= 11 is 0. The van der Waals surface area contributed by atoms with Crippen LogP contribution in [0.15, 0.2) is 0 Å². The molecule has 0 aliphatic rings. The van der Waals surface area contributed by atoms with Crippen LogP contribution in [0.5, 0.6) is 0 Å². The van der Waals surface area contributed by atoms with Crippen molar-refractivity contribution in [2.24, 2.45) is 5.73 Å². The molecule has 1 unspecified atom stereocenters. The Morgan fingerprint density at radius 1 is 1.73 bits per heavy atom. The van der Waals surface area contributed by atoms with Gasteiger partial charge in [-0.2, -0.15) is 0 Å². The predicted molar refractivity (Wildman–Crippen MR) is 36.4 cm³/mol. The maximum absolute atomic E-state index is 10.4.